The van der Waals surface area contributed by atoms with Crippen LogP contribution < -0.4 is 10.1 Å². The summed E-state index contributed by atoms with van der Waals surface area (Å²) in [6.07, 6.45) is 1.68. The molecule has 0 fully saturated rings. The van der Waals surface area contributed by atoms with Crippen LogP contribution in [-0.4, -0.2) is 42.4 Å². The van der Waals surface area contributed by atoms with Gasteiger partial charge in [0.05, 0.1) is 19.2 Å². The second-order valence-electron chi connectivity index (χ2n) is 6.00. The third kappa shape index (κ3) is 3.69. The number of aromatic amines is 1. The molecule has 2 N–H and O–H groups in total. The SMILES string of the molecule is COc1ccccc1CNC(=O)CN(C)C(=O)c1c[nH]c2ccccc12. The molecule has 0 bridgehead atoms. The lowest BCUT2D eigenvalue weighted by atomic mass is 10.1. The molecule has 134 valence electrons. The van der Waals surface area contributed by atoms with Gasteiger partial charge in [0, 0.05) is 36.3 Å². The minimum absolute atomic E-state index is 0.0203. The molecule has 0 radical (unpaired) electrons. The molecular formula is C20H21N3O3. The second-order valence-corrected chi connectivity index (χ2v) is 6.00. The van der Waals surface area contributed by atoms with Crippen molar-refractivity contribution in [2.75, 3.05) is 20.7 Å². The van der Waals surface area contributed by atoms with Gasteiger partial charge in [0.15, 0.2) is 0 Å². The van der Waals surface area contributed by atoms with E-state index in [9.17, 15) is 9.59 Å². The Kier molecular flexibility index (Phi) is 5.22. The lowest BCUT2D eigenvalue weighted by Crippen LogP contribution is -2.38. The summed E-state index contributed by atoms with van der Waals surface area (Å²) < 4.78 is 5.27. The highest BCUT2D eigenvalue weighted by Gasteiger charge is 2.18. The number of fused-ring (bicyclic) bond motifs is 1. The first-order valence-electron chi connectivity index (χ1n) is 8.30. The number of ether oxygens (including phenoxy) is 1. The number of para-hydroxylation sites is 2. The predicted molar refractivity (Wildman–Crippen MR) is 100 cm³/mol. The van der Waals surface area contributed by atoms with Gasteiger partial charge in [0.1, 0.15) is 5.75 Å². The zero-order valence-electron chi connectivity index (χ0n) is 14.8. The van der Waals surface area contributed by atoms with E-state index in [2.05, 4.69) is 10.3 Å². The number of nitrogens with zero attached hydrogens (tertiary/aromatic N) is 1. The number of carbonyl (C=O) groups excluding carboxylic acids is 2. The largest absolute Gasteiger partial charge is 0.496 e. The van der Waals surface area contributed by atoms with E-state index in [0.717, 1.165) is 22.2 Å². The molecule has 0 saturated carbocycles. The summed E-state index contributed by atoms with van der Waals surface area (Å²) in [4.78, 5) is 29.3. The molecule has 0 unspecified atom stereocenters. The average Bonchev–Trinajstić information content (AvgIpc) is 3.10. The molecule has 6 nitrogen and oxygen atoms in total. The van der Waals surface area contributed by atoms with Crippen molar-refractivity contribution in [3.63, 3.8) is 0 Å². The Morgan fingerprint density at radius 3 is 2.65 bits per heavy atom. The number of carbonyl (C=O) groups is 2. The molecule has 3 aromatic rings. The number of rotatable bonds is 6. The summed E-state index contributed by atoms with van der Waals surface area (Å²) in [7, 11) is 3.21. The number of aromatic nitrogens is 1. The Morgan fingerprint density at radius 2 is 1.85 bits per heavy atom. The van der Waals surface area contributed by atoms with E-state index in [1.807, 2.05) is 48.5 Å². The minimum atomic E-state index is -0.230. The molecule has 1 aromatic heterocycles. The Labute approximate surface area is 151 Å². The maximum Gasteiger partial charge on any atom is 0.256 e. The van der Waals surface area contributed by atoms with E-state index in [1.165, 1.54) is 4.90 Å². The second kappa shape index (κ2) is 7.74. The molecule has 0 aliphatic heterocycles. The van der Waals surface area contributed by atoms with E-state index in [0.29, 0.717) is 12.1 Å². The molecule has 0 aliphatic rings. The van der Waals surface area contributed by atoms with Gasteiger partial charge in [-0.25, -0.2) is 0 Å². The van der Waals surface area contributed by atoms with Gasteiger partial charge < -0.3 is 19.9 Å². The van der Waals surface area contributed by atoms with E-state index >= 15 is 0 Å². The number of benzene rings is 2. The van der Waals surface area contributed by atoms with E-state index in [4.69, 9.17) is 4.74 Å². The number of nitrogens with one attached hydrogen (secondary N) is 2. The number of hydrogen-bond acceptors (Lipinski definition) is 3. The topological polar surface area (TPSA) is 74.4 Å². The van der Waals surface area contributed by atoms with Crippen LogP contribution in [0, 0.1) is 0 Å². The third-order valence-corrected chi connectivity index (χ3v) is 4.22. The van der Waals surface area contributed by atoms with E-state index < -0.39 is 0 Å². The molecule has 2 aromatic carbocycles. The standard InChI is InChI=1S/C20H21N3O3/c1-23(20(25)16-12-21-17-9-5-4-8-15(16)17)13-19(24)22-11-14-7-3-6-10-18(14)26-2/h3-10,12,21H,11,13H2,1-2H3,(H,22,24). The molecule has 0 atom stereocenters. The van der Waals surface area contributed by atoms with Gasteiger partial charge in [-0.15, -0.1) is 0 Å². The number of likely N-dealkylation sites (N-methyl/N-ethyl adjacent to an activating group) is 1. The van der Waals surface area contributed by atoms with Crippen LogP contribution in [-0.2, 0) is 11.3 Å². The van der Waals surface area contributed by atoms with Crippen molar-refractivity contribution in [2.24, 2.45) is 0 Å². The molecule has 1 heterocycles. The van der Waals surface area contributed by atoms with Crippen molar-refractivity contribution < 1.29 is 14.3 Å². The molecule has 0 saturated heterocycles. The Balaban J connectivity index is 1.61. The number of methoxy groups -OCH3 is 1. The summed E-state index contributed by atoms with van der Waals surface area (Å²) in [5.74, 6) is 0.289. The highest BCUT2D eigenvalue weighted by molar-refractivity contribution is 6.07. The number of hydrogen-bond donors (Lipinski definition) is 2. The van der Waals surface area contributed by atoms with Gasteiger partial charge in [-0.1, -0.05) is 36.4 Å². The smallest absolute Gasteiger partial charge is 0.256 e. The first-order chi connectivity index (χ1) is 12.6. The van der Waals surface area contributed by atoms with E-state index in [-0.39, 0.29) is 18.4 Å². The molecule has 0 aliphatic carbocycles. The van der Waals surface area contributed by atoms with Gasteiger partial charge in [0.25, 0.3) is 5.91 Å². The first kappa shape index (κ1) is 17.5. The molecular weight excluding hydrogens is 330 g/mol. The zero-order chi connectivity index (χ0) is 18.5. The summed E-state index contributed by atoms with van der Waals surface area (Å²) >= 11 is 0. The van der Waals surface area contributed by atoms with Crippen molar-refractivity contribution in [2.45, 2.75) is 6.54 Å². The van der Waals surface area contributed by atoms with Crippen LogP contribution in [0.5, 0.6) is 5.75 Å². The third-order valence-electron chi connectivity index (χ3n) is 4.22. The molecule has 0 spiro atoms. The Hall–Kier alpha value is -3.28. The van der Waals surface area contributed by atoms with Crippen molar-refractivity contribution in [1.29, 1.82) is 0 Å². The highest BCUT2D eigenvalue weighted by Crippen LogP contribution is 2.19. The van der Waals surface area contributed by atoms with Crippen molar-refractivity contribution in [3.8, 4) is 5.75 Å². The lowest BCUT2D eigenvalue weighted by Gasteiger charge is -2.17. The first-order valence-corrected chi connectivity index (χ1v) is 8.30. The van der Waals surface area contributed by atoms with Crippen LogP contribution in [0.25, 0.3) is 10.9 Å². The van der Waals surface area contributed by atoms with Crippen molar-refractivity contribution in [1.82, 2.24) is 15.2 Å². The number of amides is 2. The van der Waals surface area contributed by atoms with Gasteiger partial charge in [0.2, 0.25) is 5.91 Å². The van der Waals surface area contributed by atoms with Crippen LogP contribution >= 0.6 is 0 Å². The van der Waals surface area contributed by atoms with Gasteiger partial charge in [-0.05, 0) is 12.1 Å². The summed E-state index contributed by atoms with van der Waals surface area (Å²) in [6, 6.07) is 15.1. The highest BCUT2D eigenvalue weighted by atomic mass is 16.5. The summed E-state index contributed by atoms with van der Waals surface area (Å²) in [6.45, 7) is 0.325. The number of H-pyrrole nitrogens is 1. The fraction of sp³-hybridized carbons (Fsp3) is 0.200. The Morgan fingerprint density at radius 1 is 1.12 bits per heavy atom. The molecule has 26 heavy (non-hydrogen) atoms. The molecule has 3 rings (SSSR count). The maximum absolute atomic E-state index is 12.6. The predicted octanol–water partition coefficient (Wildman–Crippen LogP) is 2.56. The molecule has 6 heteroatoms. The van der Waals surface area contributed by atoms with Crippen LogP contribution in [0.3, 0.4) is 0 Å². The van der Waals surface area contributed by atoms with Gasteiger partial charge in [-0.3, -0.25) is 9.59 Å². The lowest BCUT2D eigenvalue weighted by molar-refractivity contribution is -0.121. The normalized spacial score (nSPS) is 10.5. The maximum atomic E-state index is 12.6. The van der Waals surface area contributed by atoms with Crippen LogP contribution in [0.1, 0.15) is 15.9 Å². The van der Waals surface area contributed by atoms with Crippen LogP contribution in [0.4, 0.5) is 0 Å². The van der Waals surface area contributed by atoms with Crippen LogP contribution in [0.2, 0.25) is 0 Å². The summed E-state index contributed by atoms with van der Waals surface area (Å²) in [5.41, 5.74) is 2.33. The monoisotopic (exact) mass is 351 g/mol. The summed E-state index contributed by atoms with van der Waals surface area (Å²) in [5, 5.41) is 3.67. The fourth-order valence-electron chi connectivity index (χ4n) is 2.84. The fourth-order valence-corrected chi connectivity index (χ4v) is 2.84. The average molecular weight is 351 g/mol. The van der Waals surface area contributed by atoms with Crippen molar-refractivity contribution in [3.05, 3.63) is 65.9 Å². The quantitative estimate of drug-likeness (QED) is 0.717. The van der Waals surface area contributed by atoms with Crippen LogP contribution in [0.15, 0.2) is 54.7 Å². The van der Waals surface area contributed by atoms with Crippen molar-refractivity contribution >= 4 is 22.7 Å². The zero-order valence-corrected chi connectivity index (χ0v) is 14.8. The van der Waals surface area contributed by atoms with Gasteiger partial charge in [-0.2, -0.15) is 0 Å². The van der Waals surface area contributed by atoms with E-state index in [1.54, 1.807) is 20.4 Å². The van der Waals surface area contributed by atoms with Gasteiger partial charge >= 0.3 is 0 Å². The molecule has 2 amide bonds. The minimum Gasteiger partial charge on any atom is -0.496 e. The Bertz CT molecular complexity index is 933.